The maximum absolute atomic E-state index is 12.5. The fourth-order valence-electron chi connectivity index (χ4n) is 1.45. The van der Waals surface area contributed by atoms with Crippen LogP contribution in [-0.4, -0.2) is 16.7 Å². The molecule has 0 aliphatic heterocycles. The summed E-state index contributed by atoms with van der Waals surface area (Å²) in [6.07, 6.45) is -5.05. The number of rotatable bonds is 3. The maximum atomic E-state index is 12.5. The van der Waals surface area contributed by atoms with Gasteiger partial charge in [-0.1, -0.05) is 6.07 Å². The predicted octanol–water partition coefficient (Wildman–Crippen LogP) is 3.15. The number of nitrogens with one attached hydrogen (secondary N) is 2. The Morgan fingerprint density at radius 3 is 2.45 bits per heavy atom. The Balaban J connectivity index is 3.11. The SMILES string of the molecule is CC(=N)OC(=N)Cc1ccc(C(F)(F)F)cc1[N+](=O)[O-]. The molecule has 1 rings (SSSR count). The van der Waals surface area contributed by atoms with E-state index in [1.165, 1.54) is 6.92 Å². The van der Waals surface area contributed by atoms with Crippen molar-refractivity contribution in [2.24, 2.45) is 0 Å². The summed E-state index contributed by atoms with van der Waals surface area (Å²) in [6.45, 7) is 1.26. The van der Waals surface area contributed by atoms with Gasteiger partial charge in [-0.2, -0.15) is 13.2 Å². The lowest BCUT2D eigenvalue weighted by atomic mass is 10.1. The van der Waals surface area contributed by atoms with Gasteiger partial charge in [-0.15, -0.1) is 0 Å². The summed E-state index contributed by atoms with van der Waals surface area (Å²) >= 11 is 0. The monoisotopic (exact) mass is 289 g/mol. The van der Waals surface area contributed by atoms with E-state index in [9.17, 15) is 23.3 Å². The smallest absolute Gasteiger partial charge is 0.416 e. The summed E-state index contributed by atoms with van der Waals surface area (Å²) in [7, 11) is 0. The van der Waals surface area contributed by atoms with E-state index in [4.69, 9.17) is 10.8 Å². The number of hydrogen-bond acceptors (Lipinski definition) is 5. The normalized spacial score (nSPS) is 11.0. The molecular weight excluding hydrogens is 279 g/mol. The van der Waals surface area contributed by atoms with Crippen molar-refractivity contribution >= 4 is 17.5 Å². The highest BCUT2D eigenvalue weighted by atomic mass is 19.4. The van der Waals surface area contributed by atoms with E-state index in [0.717, 1.165) is 6.07 Å². The Kier molecular flexibility index (Phi) is 4.43. The molecule has 108 valence electrons. The molecule has 0 fully saturated rings. The molecule has 0 saturated carbocycles. The number of benzene rings is 1. The van der Waals surface area contributed by atoms with Gasteiger partial charge < -0.3 is 4.74 Å². The minimum Gasteiger partial charge on any atom is -0.430 e. The van der Waals surface area contributed by atoms with E-state index in [1.54, 1.807) is 0 Å². The zero-order chi connectivity index (χ0) is 15.5. The first kappa shape index (κ1) is 15.6. The highest BCUT2D eigenvalue weighted by molar-refractivity contribution is 5.88. The van der Waals surface area contributed by atoms with Crippen LogP contribution in [0, 0.1) is 20.9 Å². The second-order valence-electron chi connectivity index (χ2n) is 3.86. The summed E-state index contributed by atoms with van der Waals surface area (Å²) in [5, 5.41) is 25.2. The largest absolute Gasteiger partial charge is 0.430 e. The molecule has 0 aromatic heterocycles. The van der Waals surface area contributed by atoms with Gasteiger partial charge in [0.15, 0.2) is 11.8 Å². The quantitative estimate of drug-likeness (QED) is 0.387. The van der Waals surface area contributed by atoms with Crippen LogP contribution in [0.15, 0.2) is 18.2 Å². The van der Waals surface area contributed by atoms with Gasteiger partial charge in [0.2, 0.25) is 0 Å². The molecule has 2 N–H and O–H groups in total. The molecule has 0 amide bonds. The Labute approximate surface area is 111 Å². The van der Waals surface area contributed by atoms with Crippen molar-refractivity contribution in [2.75, 3.05) is 0 Å². The van der Waals surface area contributed by atoms with Crippen molar-refractivity contribution in [3.05, 3.63) is 39.4 Å². The molecule has 20 heavy (non-hydrogen) atoms. The molecule has 1 aromatic rings. The molecule has 0 saturated heterocycles. The van der Waals surface area contributed by atoms with Crippen molar-refractivity contribution in [1.82, 2.24) is 0 Å². The molecule has 1 aromatic carbocycles. The molecule has 0 heterocycles. The number of nitrogens with zero attached hydrogens (tertiary/aromatic N) is 1. The minimum absolute atomic E-state index is 0.0887. The van der Waals surface area contributed by atoms with Crippen LogP contribution in [0.3, 0.4) is 0 Å². The number of alkyl halides is 3. The molecule has 0 aliphatic carbocycles. The summed E-state index contributed by atoms with van der Waals surface area (Å²) in [4.78, 5) is 9.84. The van der Waals surface area contributed by atoms with E-state index in [2.05, 4.69) is 4.74 Å². The van der Waals surface area contributed by atoms with E-state index < -0.39 is 28.2 Å². The van der Waals surface area contributed by atoms with Crippen molar-refractivity contribution in [3.63, 3.8) is 0 Å². The van der Waals surface area contributed by atoms with E-state index in [1.807, 2.05) is 0 Å². The lowest BCUT2D eigenvalue weighted by Gasteiger charge is -2.09. The van der Waals surface area contributed by atoms with Gasteiger partial charge in [0.1, 0.15) is 0 Å². The van der Waals surface area contributed by atoms with Crippen molar-refractivity contribution in [1.29, 1.82) is 10.8 Å². The summed E-state index contributed by atoms with van der Waals surface area (Å²) < 4.78 is 42.0. The molecule has 0 atom stereocenters. The van der Waals surface area contributed by atoms with Crippen molar-refractivity contribution < 1.29 is 22.8 Å². The molecular formula is C11H10F3N3O3. The summed E-state index contributed by atoms with van der Waals surface area (Å²) in [6, 6.07) is 2.05. The van der Waals surface area contributed by atoms with Gasteiger partial charge in [-0.25, -0.2) is 0 Å². The third kappa shape index (κ3) is 4.04. The topological polar surface area (TPSA) is 100 Å². The standard InChI is InChI=1S/C11H10F3N3O3/c1-6(15)20-10(16)4-7-2-3-8(11(12,13)14)5-9(7)17(18)19/h2-3,5,15-16H,4H2,1H3. The van der Waals surface area contributed by atoms with E-state index in [0.29, 0.717) is 12.1 Å². The Morgan fingerprint density at radius 1 is 1.40 bits per heavy atom. The summed E-state index contributed by atoms with van der Waals surface area (Å²) in [5.74, 6) is -0.745. The Bertz CT molecular complexity index is 570. The Morgan fingerprint density at radius 2 is 2.00 bits per heavy atom. The Hall–Kier alpha value is -2.45. The molecule has 9 heteroatoms. The van der Waals surface area contributed by atoms with Crippen LogP contribution in [0.5, 0.6) is 0 Å². The lowest BCUT2D eigenvalue weighted by molar-refractivity contribution is -0.385. The second-order valence-corrected chi connectivity index (χ2v) is 3.86. The van der Waals surface area contributed by atoms with Gasteiger partial charge in [0.25, 0.3) is 5.69 Å². The van der Waals surface area contributed by atoms with E-state index >= 15 is 0 Å². The molecule has 0 unspecified atom stereocenters. The van der Waals surface area contributed by atoms with Crippen LogP contribution in [0.4, 0.5) is 18.9 Å². The maximum Gasteiger partial charge on any atom is 0.416 e. The second kappa shape index (κ2) is 5.68. The van der Waals surface area contributed by atoms with Crippen LogP contribution >= 0.6 is 0 Å². The van der Waals surface area contributed by atoms with Crippen LogP contribution in [-0.2, 0) is 17.3 Å². The first-order chi connectivity index (χ1) is 9.11. The van der Waals surface area contributed by atoms with Gasteiger partial charge in [-0.05, 0) is 6.07 Å². The third-order valence-corrected chi connectivity index (χ3v) is 2.24. The van der Waals surface area contributed by atoms with Gasteiger partial charge >= 0.3 is 6.18 Å². The fraction of sp³-hybridized carbons (Fsp3) is 0.273. The number of nitro groups is 1. The third-order valence-electron chi connectivity index (χ3n) is 2.24. The predicted molar refractivity (Wildman–Crippen MR) is 64.0 cm³/mol. The highest BCUT2D eigenvalue weighted by Crippen LogP contribution is 2.33. The molecule has 0 aliphatic rings. The van der Waals surface area contributed by atoms with Crippen molar-refractivity contribution in [2.45, 2.75) is 19.5 Å². The first-order valence-electron chi connectivity index (χ1n) is 5.26. The van der Waals surface area contributed by atoms with Crippen molar-refractivity contribution in [3.8, 4) is 0 Å². The van der Waals surface area contributed by atoms with Gasteiger partial charge in [0, 0.05) is 18.6 Å². The van der Waals surface area contributed by atoms with Crippen LogP contribution < -0.4 is 0 Å². The van der Waals surface area contributed by atoms with Crippen LogP contribution in [0.2, 0.25) is 0 Å². The highest BCUT2D eigenvalue weighted by Gasteiger charge is 2.33. The zero-order valence-electron chi connectivity index (χ0n) is 10.2. The van der Waals surface area contributed by atoms with Gasteiger partial charge in [0.05, 0.1) is 16.9 Å². The fourth-order valence-corrected chi connectivity index (χ4v) is 1.45. The van der Waals surface area contributed by atoms with Gasteiger partial charge in [-0.3, -0.25) is 20.9 Å². The average molecular weight is 289 g/mol. The average Bonchev–Trinajstić information content (AvgIpc) is 2.26. The molecule has 0 spiro atoms. The van der Waals surface area contributed by atoms with Crippen LogP contribution in [0.25, 0.3) is 0 Å². The zero-order valence-corrected chi connectivity index (χ0v) is 10.2. The number of ether oxygens (including phenoxy) is 1. The molecule has 0 radical (unpaired) electrons. The van der Waals surface area contributed by atoms with Crippen LogP contribution in [0.1, 0.15) is 18.1 Å². The first-order valence-corrected chi connectivity index (χ1v) is 5.26. The number of nitro benzene ring substituents is 1. The summed E-state index contributed by atoms with van der Waals surface area (Å²) in [5.41, 5.74) is -1.96. The molecule has 0 bridgehead atoms. The lowest BCUT2D eigenvalue weighted by Crippen LogP contribution is -2.12. The van der Waals surface area contributed by atoms with E-state index in [-0.39, 0.29) is 17.9 Å². The molecule has 6 nitrogen and oxygen atoms in total. The number of hydrogen-bond donors (Lipinski definition) is 2. The number of halogens is 3. The minimum atomic E-state index is -4.68.